The zero-order chi connectivity index (χ0) is 12.0. The third kappa shape index (κ3) is 3.81. The Morgan fingerprint density at radius 3 is 2.69 bits per heavy atom. The van der Waals surface area contributed by atoms with Crippen LogP contribution in [0.1, 0.15) is 12.5 Å². The van der Waals surface area contributed by atoms with Crippen LogP contribution in [-0.4, -0.2) is 26.3 Å². The number of carbonyl (C=O) groups excluding carboxylic acids is 1. The molecule has 0 spiro atoms. The molecule has 0 bridgehead atoms. The van der Waals surface area contributed by atoms with Gasteiger partial charge in [0, 0.05) is 13.0 Å². The molecule has 0 saturated carbocycles. The quantitative estimate of drug-likeness (QED) is 0.566. The zero-order valence-corrected chi connectivity index (χ0v) is 9.78. The van der Waals surface area contributed by atoms with Crippen LogP contribution in [0.25, 0.3) is 0 Å². The molecule has 0 aliphatic rings. The summed E-state index contributed by atoms with van der Waals surface area (Å²) in [4.78, 5) is 10.5. The Hall–Kier alpha value is -1.71. The van der Waals surface area contributed by atoms with E-state index < -0.39 is 0 Å². The van der Waals surface area contributed by atoms with Crippen LogP contribution in [0.5, 0.6) is 11.5 Å². The average Bonchev–Trinajstić information content (AvgIpc) is 2.26. The number of aryl methyl sites for hydroxylation is 1. The number of hydrogen-bond acceptors (Lipinski definition) is 4. The fourth-order valence-electron chi connectivity index (χ4n) is 1.24. The van der Waals surface area contributed by atoms with Crippen molar-refractivity contribution in [1.82, 2.24) is 0 Å². The summed E-state index contributed by atoms with van der Waals surface area (Å²) < 4.78 is 15.3. The van der Waals surface area contributed by atoms with Gasteiger partial charge in [0.1, 0.15) is 24.7 Å². The number of ether oxygens (including phenoxy) is 3. The van der Waals surface area contributed by atoms with Gasteiger partial charge >= 0.3 is 5.97 Å². The van der Waals surface area contributed by atoms with Gasteiger partial charge in [-0.05, 0) is 18.6 Å². The zero-order valence-electron chi connectivity index (χ0n) is 9.78. The highest BCUT2D eigenvalue weighted by Gasteiger charge is 2.01. The lowest BCUT2D eigenvalue weighted by atomic mass is 10.2. The van der Waals surface area contributed by atoms with E-state index in [1.807, 2.05) is 25.1 Å². The average molecular weight is 224 g/mol. The second-order valence-corrected chi connectivity index (χ2v) is 3.32. The molecule has 0 aliphatic carbocycles. The monoisotopic (exact) mass is 224 g/mol. The predicted molar refractivity (Wildman–Crippen MR) is 59.9 cm³/mol. The van der Waals surface area contributed by atoms with E-state index in [1.165, 1.54) is 6.92 Å². The van der Waals surface area contributed by atoms with Gasteiger partial charge in [0.05, 0.1) is 7.11 Å². The number of rotatable bonds is 5. The first-order chi connectivity index (χ1) is 7.63. The molecule has 0 saturated heterocycles. The molecular weight excluding hydrogens is 208 g/mol. The predicted octanol–water partition coefficient (Wildman–Crippen LogP) is 1.95. The summed E-state index contributed by atoms with van der Waals surface area (Å²) in [6.07, 6.45) is 0. The van der Waals surface area contributed by atoms with Crippen molar-refractivity contribution in [3.05, 3.63) is 23.8 Å². The molecular formula is C12H16O4. The molecule has 0 radical (unpaired) electrons. The Bertz CT molecular complexity index is 360. The summed E-state index contributed by atoms with van der Waals surface area (Å²) in [7, 11) is 1.62. The van der Waals surface area contributed by atoms with Crippen LogP contribution in [0, 0.1) is 6.92 Å². The minimum Gasteiger partial charge on any atom is -0.496 e. The molecule has 1 aromatic rings. The van der Waals surface area contributed by atoms with Crippen LogP contribution in [0.15, 0.2) is 18.2 Å². The van der Waals surface area contributed by atoms with Gasteiger partial charge in [-0.25, -0.2) is 0 Å². The van der Waals surface area contributed by atoms with Crippen molar-refractivity contribution in [3.63, 3.8) is 0 Å². The molecule has 88 valence electrons. The largest absolute Gasteiger partial charge is 0.496 e. The second kappa shape index (κ2) is 6.00. The van der Waals surface area contributed by atoms with Gasteiger partial charge in [-0.15, -0.1) is 0 Å². The van der Waals surface area contributed by atoms with E-state index in [9.17, 15) is 4.79 Å². The van der Waals surface area contributed by atoms with Crippen LogP contribution < -0.4 is 9.47 Å². The summed E-state index contributed by atoms with van der Waals surface area (Å²) in [6.45, 7) is 3.92. The van der Waals surface area contributed by atoms with Gasteiger partial charge in [-0.2, -0.15) is 0 Å². The summed E-state index contributed by atoms with van der Waals surface area (Å²) in [5.41, 5.74) is 1.05. The molecule has 1 rings (SSSR count). The lowest BCUT2D eigenvalue weighted by molar-refractivity contribution is -0.141. The molecule has 0 amide bonds. The van der Waals surface area contributed by atoms with Gasteiger partial charge in [0.25, 0.3) is 0 Å². The van der Waals surface area contributed by atoms with Crippen molar-refractivity contribution in [2.75, 3.05) is 20.3 Å². The first-order valence-corrected chi connectivity index (χ1v) is 5.04. The fraction of sp³-hybridized carbons (Fsp3) is 0.417. The van der Waals surface area contributed by atoms with E-state index in [0.29, 0.717) is 12.4 Å². The molecule has 16 heavy (non-hydrogen) atoms. The van der Waals surface area contributed by atoms with Crippen molar-refractivity contribution < 1.29 is 19.0 Å². The van der Waals surface area contributed by atoms with Gasteiger partial charge in [0.2, 0.25) is 0 Å². The first-order valence-electron chi connectivity index (χ1n) is 5.04. The van der Waals surface area contributed by atoms with Crippen LogP contribution in [0.3, 0.4) is 0 Å². The molecule has 0 aromatic heterocycles. The van der Waals surface area contributed by atoms with Crippen LogP contribution in [0.2, 0.25) is 0 Å². The summed E-state index contributed by atoms with van der Waals surface area (Å²) in [5, 5.41) is 0. The minimum absolute atomic E-state index is 0.255. The van der Waals surface area contributed by atoms with Crippen molar-refractivity contribution in [2.24, 2.45) is 0 Å². The molecule has 0 atom stereocenters. The Balaban J connectivity index is 2.45. The van der Waals surface area contributed by atoms with Gasteiger partial charge < -0.3 is 14.2 Å². The van der Waals surface area contributed by atoms with E-state index in [-0.39, 0.29) is 12.6 Å². The molecule has 4 heteroatoms. The van der Waals surface area contributed by atoms with E-state index in [1.54, 1.807) is 7.11 Å². The third-order valence-electron chi connectivity index (χ3n) is 2.04. The maximum Gasteiger partial charge on any atom is 0.302 e. The van der Waals surface area contributed by atoms with Crippen LogP contribution >= 0.6 is 0 Å². The third-order valence-corrected chi connectivity index (χ3v) is 2.04. The van der Waals surface area contributed by atoms with E-state index >= 15 is 0 Å². The lowest BCUT2D eigenvalue weighted by Gasteiger charge is -2.09. The fourth-order valence-corrected chi connectivity index (χ4v) is 1.24. The SMILES string of the molecule is COc1cc(OCCOC(C)=O)ccc1C. The Kier molecular flexibility index (Phi) is 4.64. The highest BCUT2D eigenvalue weighted by Crippen LogP contribution is 2.23. The summed E-state index contributed by atoms with van der Waals surface area (Å²) in [5.74, 6) is 1.18. The van der Waals surface area contributed by atoms with Crippen molar-refractivity contribution >= 4 is 5.97 Å². The highest BCUT2D eigenvalue weighted by molar-refractivity contribution is 5.65. The van der Waals surface area contributed by atoms with Crippen LogP contribution in [-0.2, 0) is 9.53 Å². The summed E-state index contributed by atoms with van der Waals surface area (Å²) in [6, 6.07) is 5.58. The first kappa shape index (κ1) is 12.4. The molecule has 0 heterocycles. The Morgan fingerprint density at radius 2 is 2.06 bits per heavy atom. The Labute approximate surface area is 95.1 Å². The molecule has 0 unspecified atom stereocenters. The maximum absolute atomic E-state index is 10.5. The van der Waals surface area contributed by atoms with Crippen molar-refractivity contribution in [2.45, 2.75) is 13.8 Å². The van der Waals surface area contributed by atoms with Gasteiger partial charge in [-0.1, -0.05) is 6.07 Å². The molecule has 4 nitrogen and oxygen atoms in total. The Morgan fingerprint density at radius 1 is 1.31 bits per heavy atom. The molecule has 0 N–H and O–H groups in total. The topological polar surface area (TPSA) is 44.8 Å². The number of methoxy groups -OCH3 is 1. The van der Waals surface area contributed by atoms with Gasteiger partial charge in [0.15, 0.2) is 0 Å². The number of carbonyl (C=O) groups is 1. The normalized spacial score (nSPS) is 9.69. The smallest absolute Gasteiger partial charge is 0.302 e. The standard InChI is InChI=1S/C12H16O4/c1-9-4-5-11(8-12(9)14-3)16-7-6-15-10(2)13/h4-5,8H,6-7H2,1-3H3. The highest BCUT2D eigenvalue weighted by atomic mass is 16.6. The lowest BCUT2D eigenvalue weighted by Crippen LogP contribution is -2.09. The van der Waals surface area contributed by atoms with Crippen LogP contribution in [0.4, 0.5) is 0 Å². The maximum atomic E-state index is 10.5. The number of hydrogen-bond donors (Lipinski definition) is 0. The second-order valence-electron chi connectivity index (χ2n) is 3.32. The van der Waals surface area contributed by atoms with Gasteiger partial charge in [-0.3, -0.25) is 4.79 Å². The van der Waals surface area contributed by atoms with Crippen molar-refractivity contribution in [3.8, 4) is 11.5 Å². The number of esters is 1. The van der Waals surface area contributed by atoms with E-state index in [2.05, 4.69) is 0 Å². The minimum atomic E-state index is -0.301. The summed E-state index contributed by atoms with van der Waals surface area (Å²) >= 11 is 0. The molecule has 0 aliphatic heterocycles. The number of benzene rings is 1. The molecule has 1 aromatic carbocycles. The van der Waals surface area contributed by atoms with Crippen molar-refractivity contribution in [1.29, 1.82) is 0 Å². The molecule has 0 fully saturated rings. The van der Waals surface area contributed by atoms with E-state index in [0.717, 1.165) is 11.3 Å². The van der Waals surface area contributed by atoms with E-state index in [4.69, 9.17) is 14.2 Å².